The van der Waals surface area contributed by atoms with Crippen LogP contribution in [0.2, 0.25) is 0 Å². The van der Waals surface area contributed by atoms with Gasteiger partial charge in [-0.15, -0.1) is 0 Å². The number of fused-ring (bicyclic) bond motifs is 1. The van der Waals surface area contributed by atoms with Crippen molar-refractivity contribution >= 4 is 10.9 Å². The largest absolute Gasteiger partial charge is 0.420 e. The van der Waals surface area contributed by atoms with Gasteiger partial charge in [-0.05, 0) is 25.1 Å². The topological polar surface area (TPSA) is 69.4 Å². The van der Waals surface area contributed by atoms with Gasteiger partial charge in [0.15, 0.2) is 5.82 Å². The Morgan fingerprint density at radius 3 is 2.52 bits per heavy atom. The van der Waals surface area contributed by atoms with Gasteiger partial charge in [-0.2, -0.15) is 27.6 Å². The number of hydrogen-bond acceptors (Lipinski definition) is 5. The van der Waals surface area contributed by atoms with Crippen molar-refractivity contribution < 1.29 is 17.6 Å². The second-order valence-electron chi connectivity index (χ2n) is 5.75. The molecule has 4 aromatic rings. The van der Waals surface area contributed by atoms with Crippen LogP contribution in [0.5, 0.6) is 0 Å². The normalized spacial score (nSPS) is 11.9. The smallest absolute Gasteiger partial charge is 0.261 e. The van der Waals surface area contributed by atoms with Gasteiger partial charge in [-0.1, -0.05) is 0 Å². The maximum Gasteiger partial charge on any atom is 0.420 e. The van der Waals surface area contributed by atoms with Crippen LogP contribution in [0.4, 0.5) is 17.6 Å². The number of rotatable bonds is 2. The maximum atomic E-state index is 13.7. The van der Waals surface area contributed by atoms with Crippen molar-refractivity contribution in [2.75, 3.05) is 0 Å². The van der Waals surface area contributed by atoms with Gasteiger partial charge in [0.1, 0.15) is 11.3 Å². The molecule has 0 bridgehead atoms. The van der Waals surface area contributed by atoms with Crippen LogP contribution in [0, 0.1) is 12.9 Å². The predicted octanol–water partition coefficient (Wildman–Crippen LogP) is 3.74. The zero-order chi connectivity index (χ0) is 19.2. The van der Waals surface area contributed by atoms with Crippen molar-refractivity contribution in [2.24, 2.45) is 0 Å². The molecule has 4 aromatic heterocycles. The molecule has 0 radical (unpaired) electrons. The highest BCUT2D eigenvalue weighted by Crippen LogP contribution is 2.31. The summed E-state index contributed by atoms with van der Waals surface area (Å²) < 4.78 is 52.9. The summed E-state index contributed by atoms with van der Waals surface area (Å²) in [6.07, 6.45) is 1.41. The Morgan fingerprint density at radius 2 is 1.81 bits per heavy atom. The summed E-state index contributed by atoms with van der Waals surface area (Å²) in [5, 5.41) is 4.86. The van der Waals surface area contributed by atoms with Gasteiger partial charge in [0.25, 0.3) is 0 Å². The number of aromatic nitrogens is 6. The monoisotopic (exact) mass is 374 g/mol. The Hall–Kier alpha value is -3.43. The average Bonchev–Trinajstić information content (AvgIpc) is 3.03. The summed E-state index contributed by atoms with van der Waals surface area (Å²) in [4.78, 5) is 16.0. The molecule has 0 saturated carbocycles. The van der Waals surface area contributed by atoms with Crippen LogP contribution in [-0.2, 0) is 6.18 Å². The molecule has 0 fully saturated rings. The van der Waals surface area contributed by atoms with Crippen molar-refractivity contribution in [1.82, 2.24) is 29.7 Å². The molecule has 0 atom stereocenters. The van der Waals surface area contributed by atoms with Gasteiger partial charge >= 0.3 is 6.18 Å². The second kappa shape index (κ2) is 6.08. The van der Waals surface area contributed by atoms with E-state index >= 15 is 0 Å². The van der Waals surface area contributed by atoms with Crippen LogP contribution < -0.4 is 0 Å². The molecule has 6 nitrogen and oxygen atoms in total. The van der Waals surface area contributed by atoms with Gasteiger partial charge in [-0.25, -0.2) is 9.67 Å². The molecule has 0 aliphatic heterocycles. The Bertz CT molecular complexity index is 1150. The van der Waals surface area contributed by atoms with Gasteiger partial charge < -0.3 is 0 Å². The number of aryl methyl sites for hydroxylation is 1. The van der Waals surface area contributed by atoms with E-state index in [1.807, 2.05) is 0 Å². The first-order chi connectivity index (χ1) is 12.8. The molecule has 0 aliphatic carbocycles. The molecule has 136 valence electrons. The summed E-state index contributed by atoms with van der Waals surface area (Å²) >= 11 is 0. The lowest BCUT2D eigenvalue weighted by atomic mass is 10.2. The van der Waals surface area contributed by atoms with Gasteiger partial charge in [0.2, 0.25) is 5.95 Å². The first-order valence-electron chi connectivity index (χ1n) is 7.70. The lowest BCUT2D eigenvalue weighted by molar-refractivity contribution is -0.140. The molecule has 0 spiro atoms. The number of pyridine rings is 2. The van der Waals surface area contributed by atoms with Crippen molar-refractivity contribution in [3.8, 4) is 17.2 Å². The number of hydrogen-bond donors (Lipinski definition) is 0. The van der Waals surface area contributed by atoms with Crippen molar-refractivity contribution in [1.29, 1.82) is 0 Å². The molecule has 0 amide bonds. The highest BCUT2D eigenvalue weighted by Gasteiger charge is 2.35. The number of alkyl halides is 3. The van der Waals surface area contributed by atoms with E-state index in [-0.39, 0.29) is 5.82 Å². The Kier molecular flexibility index (Phi) is 3.83. The summed E-state index contributed by atoms with van der Waals surface area (Å²) in [5.74, 6) is -1.68. The quantitative estimate of drug-likeness (QED) is 0.395. The molecule has 10 heteroatoms. The summed E-state index contributed by atoms with van der Waals surface area (Å²) in [7, 11) is 0. The predicted molar refractivity (Wildman–Crippen MR) is 87.4 cm³/mol. The van der Waals surface area contributed by atoms with E-state index in [9.17, 15) is 17.6 Å². The van der Waals surface area contributed by atoms with E-state index in [1.54, 1.807) is 31.6 Å². The third kappa shape index (κ3) is 3.21. The molecule has 0 saturated heterocycles. The van der Waals surface area contributed by atoms with Crippen LogP contribution >= 0.6 is 0 Å². The van der Waals surface area contributed by atoms with E-state index in [1.165, 1.54) is 10.9 Å². The van der Waals surface area contributed by atoms with Crippen LogP contribution in [0.3, 0.4) is 0 Å². The van der Waals surface area contributed by atoms with Crippen LogP contribution in [0.1, 0.15) is 11.3 Å². The van der Waals surface area contributed by atoms with E-state index in [4.69, 9.17) is 0 Å². The van der Waals surface area contributed by atoms with Gasteiger partial charge in [0.05, 0.1) is 23.1 Å². The summed E-state index contributed by atoms with van der Waals surface area (Å²) in [5.41, 5.74) is 0.903. The molecule has 4 rings (SSSR count). The van der Waals surface area contributed by atoms with Crippen molar-refractivity contribution in [3.63, 3.8) is 0 Å². The third-order valence-electron chi connectivity index (χ3n) is 3.78. The molecular formula is C17H10F4N6. The SMILES string of the molecule is Cc1cncc(-c2cc3nn(-c4ccc(C(F)(F)F)c(F)n4)cc3cn2)n1. The fourth-order valence-electron chi connectivity index (χ4n) is 2.53. The minimum atomic E-state index is -4.81. The summed E-state index contributed by atoms with van der Waals surface area (Å²) in [6, 6.07) is 3.35. The molecule has 0 aromatic carbocycles. The van der Waals surface area contributed by atoms with E-state index < -0.39 is 17.7 Å². The first kappa shape index (κ1) is 17.0. The first-order valence-corrected chi connectivity index (χ1v) is 7.70. The molecule has 0 unspecified atom stereocenters. The molecular weight excluding hydrogens is 364 g/mol. The maximum absolute atomic E-state index is 13.7. The summed E-state index contributed by atoms with van der Waals surface area (Å²) in [6.45, 7) is 1.80. The zero-order valence-corrected chi connectivity index (χ0v) is 13.7. The van der Waals surface area contributed by atoms with Crippen LogP contribution in [0.25, 0.3) is 28.1 Å². The van der Waals surface area contributed by atoms with Gasteiger partial charge in [-0.3, -0.25) is 9.97 Å². The second-order valence-corrected chi connectivity index (χ2v) is 5.75. The fraction of sp³-hybridized carbons (Fsp3) is 0.118. The number of halogens is 4. The Morgan fingerprint density at radius 1 is 1.00 bits per heavy atom. The minimum Gasteiger partial charge on any atom is -0.261 e. The van der Waals surface area contributed by atoms with E-state index in [2.05, 4.69) is 25.0 Å². The number of nitrogens with zero attached hydrogens (tertiary/aromatic N) is 6. The third-order valence-corrected chi connectivity index (χ3v) is 3.78. The lowest BCUT2D eigenvalue weighted by Gasteiger charge is -2.08. The minimum absolute atomic E-state index is 0.0754. The van der Waals surface area contributed by atoms with Crippen molar-refractivity contribution in [3.05, 3.63) is 60.2 Å². The fourth-order valence-corrected chi connectivity index (χ4v) is 2.53. The van der Waals surface area contributed by atoms with Gasteiger partial charge in [0, 0.05) is 24.0 Å². The Labute approximate surface area is 149 Å². The molecule has 27 heavy (non-hydrogen) atoms. The average molecular weight is 374 g/mol. The van der Waals surface area contributed by atoms with Crippen LogP contribution in [-0.4, -0.2) is 29.7 Å². The van der Waals surface area contributed by atoms with Crippen LogP contribution in [0.15, 0.2) is 43.0 Å². The molecule has 0 N–H and O–H groups in total. The molecule has 4 heterocycles. The lowest BCUT2D eigenvalue weighted by Crippen LogP contribution is -2.11. The highest BCUT2D eigenvalue weighted by molar-refractivity contribution is 5.81. The Balaban J connectivity index is 1.75. The molecule has 0 aliphatic rings. The van der Waals surface area contributed by atoms with Crippen molar-refractivity contribution in [2.45, 2.75) is 13.1 Å². The highest BCUT2D eigenvalue weighted by atomic mass is 19.4. The zero-order valence-electron chi connectivity index (χ0n) is 13.7. The van der Waals surface area contributed by atoms with E-state index in [0.717, 1.165) is 11.8 Å². The standard InChI is InChI=1S/C17H10F4N6/c1-9-5-22-7-14(24-9)13-4-12-10(6-23-13)8-27(26-12)15-3-2-11(16(18)25-15)17(19,20)21/h2-8H,1H3. The van der Waals surface area contributed by atoms with E-state index in [0.29, 0.717) is 28.4 Å².